The Balaban J connectivity index is 1.49. The lowest BCUT2D eigenvalue weighted by molar-refractivity contribution is 0.140. The molecule has 3 heterocycles. The van der Waals surface area contributed by atoms with Gasteiger partial charge >= 0.3 is 0 Å². The van der Waals surface area contributed by atoms with Crippen LogP contribution in [-0.2, 0) is 0 Å². The molecular formula is C30H39F2N7O. The zero-order valence-electron chi connectivity index (χ0n) is 23.7. The molecule has 1 aliphatic heterocycles. The van der Waals surface area contributed by atoms with Crippen molar-refractivity contribution < 1.29 is 13.9 Å². The molecule has 0 amide bonds. The van der Waals surface area contributed by atoms with Crippen LogP contribution in [0.3, 0.4) is 0 Å². The largest absolute Gasteiger partial charge is 0.395 e. The van der Waals surface area contributed by atoms with Gasteiger partial charge in [0.25, 0.3) is 0 Å². The van der Waals surface area contributed by atoms with Crippen LogP contribution in [0.4, 0.5) is 14.6 Å². The second-order valence-corrected chi connectivity index (χ2v) is 10.6. The minimum absolute atomic E-state index is 0.0288. The van der Waals surface area contributed by atoms with Gasteiger partial charge in [0, 0.05) is 24.3 Å². The number of benzene rings is 1. The highest BCUT2D eigenvalue weighted by Gasteiger charge is 2.25. The van der Waals surface area contributed by atoms with Crippen LogP contribution < -0.4 is 5.32 Å². The van der Waals surface area contributed by atoms with Crippen molar-refractivity contribution in [1.29, 1.82) is 0 Å². The summed E-state index contributed by atoms with van der Waals surface area (Å²) in [7, 11) is 0. The molecule has 0 radical (unpaired) electrons. The number of aromatic nitrogens is 3. The lowest BCUT2D eigenvalue weighted by Gasteiger charge is -2.34. The van der Waals surface area contributed by atoms with Gasteiger partial charge in [-0.3, -0.25) is 9.98 Å². The number of aliphatic hydroxyl groups is 1. The smallest absolute Gasteiger partial charge is 0.167 e. The SMILES string of the molecule is C=N/C=C(F)\C(=N/CNc1ccc(C(C)C2CCN(CCO)CC2)cn1)c1cc(F)c2nc(C)n(C(C)C)c2c1. The summed E-state index contributed by atoms with van der Waals surface area (Å²) in [4.78, 5) is 19.1. The summed E-state index contributed by atoms with van der Waals surface area (Å²) in [6.07, 6.45) is 5.04. The summed E-state index contributed by atoms with van der Waals surface area (Å²) in [5.74, 6) is 0.981. The van der Waals surface area contributed by atoms with E-state index in [1.807, 2.05) is 37.6 Å². The van der Waals surface area contributed by atoms with Gasteiger partial charge in [-0.2, -0.15) is 0 Å². The van der Waals surface area contributed by atoms with Crippen molar-refractivity contribution in [2.75, 3.05) is 38.2 Å². The number of aryl methyl sites for hydroxylation is 1. The molecule has 8 nitrogen and oxygen atoms in total. The minimum Gasteiger partial charge on any atom is -0.395 e. The molecule has 3 aromatic rings. The van der Waals surface area contributed by atoms with E-state index < -0.39 is 11.6 Å². The second kappa shape index (κ2) is 13.2. The highest BCUT2D eigenvalue weighted by molar-refractivity contribution is 6.12. The Morgan fingerprint density at radius 3 is 2.62 bits per heavy atom. The molecule has 0 saturated carbocycles. The Kier molecular flexibility index (Phi) is 9.76. The Labute approximate surface area is 234 Å². The number of halogens is 2. The zero-order valence-corrected chi connectivity index (χ0v) is 23.7. The standard InChI is InChI=1S/C30H39F2N7O/c1-19(2)39-21(4)37-30-25(31)14-24(15-27(30)39)29(26(32)17-33-5)36-18-35-28-7-6-23(16-34-28)20(3)22-8-10-38(11-9-22)12-13-40/h6-7,14-17,19-20,22,40H,5,8-13,18H2,1-4H3,(H,34,35)/b26-17+,36-29-. The number of hydrogen-bond donors (Lipinski definition) is 2. The third kappa shape index (κ3) is 6.62. The average molecular weight is 552 g/mol. The number of anilines is 1. The lowest BCUT2D eigenvalue weighted by Crippen LogP contribution is -2.36. The first-order valence-electron chi connectivity index (χ1n) is 13.8. The van der Waals surface area contributed by atoms with Crippen LogP contribution in [0.1, 0.15) is 62.5 Å². The molecule has 2 aromatic heterocycles. The number of β-amino-alcohol motifs (C(OH)–C–C–N with tert-alkyl or cyclic N) is 1. The molecule has 2 N–H and O–H groups in total. The van der Waals surface area contributed by atoms with E-state index in [2.05, 4.69) is 49.9 Å². The Bertz CT molecular complexity index is 1370. The number of nitrogens with one attached hydrogen (secondary N) is 1. The number of fused-ring (bicyclic) bond motifs is 1. The molecule has 1 unspecified atom stereocenters. The predicted octanol–water partition coefficient (Wildman–Crippen LogP) is 5.64. The number of hydrogen-bond acceptors (Lipinski definition) is 7. The van der Waals surface area contributed by atoms with Crippen molar-refractivity contribution in [2.24, 2.45) is 15.9 Å². The van der Waals surface area contributed by atoms with E-state index in [1.165, 1.54) is 11.6 Å². The quantitative estimate of drug-likeness (QED) is 0.301. The number of likely N-dealkylation sites (tertiary alicyclic amines) is 1. The third-order valence-electron chi connectivity index (χ3n) is 7.71. The maximum Gasteiger partial charge on any atom is 0.167 e. The van der Waals surface area contributed by atoms with Gasteiger partial charge in [0.15, 0.2) is 11.6 Å². The number of aliphatic imine (C=N–C) groups is 2. The highest BCUT2D eigenvalue weighted by atomic mass is 19.1. The van der Waals surface area contributed by atoms with E-state index >= 15 is 8.78 Å². The Hall–Kier alpha value is -3.50. The number of rotatable bonds is 11. The summed E-state index contributed by atoms with van der Waals surface area (Å²) < 4.78 is 32.0. The van der Waals surface area contributed by atoms with Crippen molar-refractivity contribution in [3.8, 4) is 0 Å². The van der Waals surface area contributed by atoms with Crippen LogP contribution in [0.25, 0.3) is 11.0 Å². The van der Waals surface area contributed by atoms with Crippen molar-refractivity contribution >= 4 is 29.3 Å². The van der Waals surface area contributed by atoms with Crippen LogP contribution in [0.15, 0.2) is 52.5 Å². The van der Waals surface area contributed by atoms with Crippen LogP contribution in [0, 0.1) is 18.7 Å². The van der Waals surface area contributed by atoms with Gasteiger partial charge in [-0.05, 0) is 89.0 Å². The highest BCUT2D eigenvalue weighted by Crippen LogP contribution is 2.32. The lowest BCUT2D eigenvalue weighted by atomic mass is 9.82. The monoisotopic (exact) mass is 551 g/mol. The maximum atomic E-state index is 15.1. The van der Waals surface area contributed by atoms with Gasteiger partial charge in [-0.25, -0.2) is 18.7 Å². The fraction of sp³-hybridized carbons (Fsp3) is 0.467. The van der Waals surface area contributed by atoms with Crippen molar-refractivity contribution in [3.63, 3.8) is 0 Å². The van der Waals surface area contributed by atoms with E-state index in [0.717, 1.165) is 38.7 Å². The van der Waals surface area contributed by atoms with Gasteiger partial charge in [0.1, 0.15) is 29.5 Å². The Morgan fingerprint density at radius 2 is 2.00 bits per heavy atom. The molecule has 1 atom stereocenters. The van der Waals surface area contributed by atoms with Gasteiger partial charge in [-0.1, -0.05) is 13.0 Å². The number of allylic oxidation sites excluding steroid dienone is 1. The number of imidazole rings is 1. The topological polar surface area (TPSA) is 90.9 Å². The van der Waals surface area contributed by atoms with E-state index in [9.17, 15) is 0 Å². The van der Waals surface area contributed by atoms with Crippen LogP contribution in [0.5, 0.6) is 0 Å². The molecule has 10 heteroatoms. The fourth-order valence-electron chi connectivity index (χ4n) is 5.57. The van der Waals surface area contributed by atoms with Crippen LogP contribution in [0.2, 0.25) is 0 Å². The zero-order chi connectivity index (χ0) is 28.8. The van der Waals surface area contributed by atoms with Crippen molar-refractivity contribution in [1.82, 2.24) is 19.4 Å². The first-order chi connectivity index (χ1) is 19.2. The second-order valence-electron chi connectivity index (χ2n) is 10.6. The van der Waals surface area contributed by atoms with Crippen molar-refractivity contribution in [3.05, 3.63) is 65.3 Å². The van der Waals surface area contributed by atoms with Gasteiger partial charge < -0.3 is 19.9 Å². The van der Waals surface area contributed by atoms with Crippen molar-refractivity contribution in [2.45, 2.75) is 52.5 Å². The van der Waals surface area contributed by atoms with Crippen LogP contribution >= 0.6 is 0 Å². The molecule has 40 heavy (non-hydrogen) atoms. The van der Waals surface area contributed by atoms with Gasteiger partial charge in [-0.15, -0.1) is 0 Å². The minimum atomic E-state index is -0.718. The maximum absolute atomic E-state index is 15.1. The van der Waals surface area contributed by atoms with E-state index in [-0.39, 0.29) is 36.1 Å². The molecular weight excluding hydrogens is 512 g/mol. The van der Waals surface area contributed by atoms with Gasteiger partial charge in [0.05, 0.1) is 18.3 Å². The summed E-state index contributed by atoms with van der Waals surface area (Å²) in [6.45, 7) is 14.3. The molecule has 4 rings (SSSR count). The molecule has 1 saturated heterocycles. The summed E-state index contributed by atoms with van der Waals surface area (Å²) in [6, 6.07) is 6.96. The van der Waals surface area contributed by atoms with Gasteiger partial charge in [0.2, 0.25) is 0 Å². The summed E-state index contributed by atoms with van der Waals surface area (Å²) in [5.41, 5.74) is 2.24. The molecule has 0 aliphatic carbocycles. The first kappa shape index (κ1) is 29.5. The van der Waals surface area contributed by atoms with E-state index in [4.69, 9.17) is 5.11 Å². The molecule has 214 valence electrons. The van der Waals surface area contributed by atoms with Crippen LogP contribution in [-0.4, -0.2) is 69.9 Å². The average Bonchev–Trinajstić information content (AvgIpc) is 3.28. The predicted molar refractivity (Wildman–Crippen MR) is 157 cm³/mol. The number of aliphatic hydroxyl groups excluding tert-OH is 1. The third-order valence-corrected chi connectivity index (χ3v) is 7.71. The molecule has 0 spiro atoms. The molecule has 1 aliphatic rings. The molecule has 0 bridgehead atoms. The number of piperidine rings is 1. The normalized spacial score (nSPS) is 16.6. The molecule has 1 aromatic carbocycles. The Morgan fingerprint density at radius 1 is 1.25 bits per heavy atom. The summed E-state index contributed by atoms with van der Waals surface area (Å²) >= 11 is 0. The number of pyridine rings is 1. The first-order valence-corrected chi connectivity index (χ1v) is 13.8. The fourth-order valence-corrected chi connectivity index (χ4v) is 5.57. The molecule has 1 fully saturated rings. The van der Waals surface area contributed by atoms with E-state index in [0.29, 0.717) is 29.0 Å². The number of nitrogens with zero attached hydrogens (tertiary/aromatic N) is 6. The van der Waals surface area contributed by atoms with E-state index in [1.54, 1.807) is 6.07 Å². The summed E-state index contributed by atoms with van der Waals surface area (Å²) in [5, 5.41) is 12.3.